The summed E-state index contributed by atoms with van der Waals surface area (Å²) < 4.78 is 6.94. The van der Waals surface area contributed by atoms with Gasteiger partial charge < -0.3 is 4.74 Å². The van der Waals surface area contributed by atoms with Crippen LogP contribution in [0.3, 0.4) is 0 Å². The van der Waals surface area contributed by atoms with Gasteiger partial charge in [-0.25, -0.2) is 9.48 Å². The summed E-state index contributed by atoms with van der Waals surface area (Å²) in [5.41, 5.74) is 0.661. The van der Waals surface area contributed by atoms with E-state index in [-0.39, 0.29) is 11.1 Å². The van der Waals surface area contributed by atoms with Crippen LogP contribution in [-0.2, 0) is 11.2 Å². The highest BCUT2D eigenvalue weighted by molar-refractivity contribution is 9.10. The van der Waals surface area contributed by atoms with Gasteiger partial charge in [0.2, 0.25) is 11.1 Å². The number of carbonyl (C=O) groups is 1. The normalized spacial score (nSPS) is 10.3. The standard InChI is InChI=1S/C14H13BrN2O3/c1-3-9-8-17(11-7-5-4-6-10(11)15)16-12(13(9)18)14(19)20-2/h4-8H,3H2,1-2H3. The van der Waals surface area contributed by atoms with E-state index in [9.17, 15) is 9.59 Å². The summed E-state index contributed by atoms with van der Waals surface area (Å²) in [6, 6.07) is 7.42. The highest BCUT2D eigenvalue weighted by atomic mass is 79.9. The quantitative estimate of drug-likeness (QED) is 0.807. The van der Waals surface area contributed by atoms with Crippen LogP contribution < -0.4 is 5.43 Å². The van der Waals surface area contributed by atoms with E-state index >= 15 is 0 Å². The Balaban J connectivity index is 2.70. The number of hydrogen-bond acceptors (Lipinski definition) is 4. The molecule has 0 bridgehead atoms. The van der Waals surface area contributed by atoms with E-state index in [4.69, 9.17) is 0 Å². The molecule has 2 rings (SSSR count). The molecule has 0 saturated heterocycles. The average Bonchev–Trinajstić information content (AvgIpc) is 2.47. The van der Waals surface area contributed by atoms with Crippen molar-refractivity contribution in [2.24, 2.45) is 0 Å². The molecular formula is C14H13BrN2O3. The van der Waals surface area contributed by atoms with Gasteiger partial charge >= 0.3 is 5.97 Å². The number of esters is 1. The van der Waals surface area contributed by atoms with E-state index in [0.29, 0.717) is 12.0 Å². The van der Waals surface area contributed by atoms with Crippen molar-refractivity contribution < 1.29 is 9.53 Å². The van der Waals surface area contributed by atoms with Gasteiger partial charge in [-0.15, -0.1) is 0 Å². The maximum Gasteiger partial charge on any atom is 0.362 e. The van der Waals surface area contributed by atoms with Gasteiger partial charge in [-0.2, -0.15) is 5.10 Å². The Morgan fingerprint density at radius 2 is 2.10 bits per heavy atom. The second kappa shape index (κ2) is 6.00. The first-order chi connectivity index (χ1) is 9.58. The number of benzene rings is 1. The number of halogens is 1. The number of para-hydroxylation sites is 1. The lowest BCUT2D eigenvalue weighted by Crippen LogP contribution is -2.25. The summed E-state index contributed by atoms with van der Waals surface area (Å²) in [5, 5.41) is 4.08. The number of aromatic nitrogens is 2. The second-order valence-corrected chi connectivity index (χ2v) is 4.93. The van der Waals surface area contributed by atoms with Gasteiger partial charge in [0.1, 0.15) is 0 Å². The van der Waals surface area contributed by atoms with Crippen LogP contribution >= 0.6 is 15.9 Å². The van der Waals surface area contributed by atoms with Gasteiger partial charge in [0, 0.05) is 16.2 Å². The molecule has 0 unspecified atom stereocenters. The molecule has 0 fully saturated rings. The molecule has 2 aromatic rings. The van der Waals surface area contributed by atoms with Gasteiger partial charge in [-0.05, 0) is 34.5 Å². The molecule has 0 aliphatic rings. The van der Waals surface area contributed by atoms with E-state index in [1.807, 2.05) is 31.2 Å². The molecule has 0 saturated carbocycles. The fourth-order valence-electron chi connectivity index (χ4n) is 1.78. The van der Waals surface area contributed by atoms with Crippen LogP contribution in [0.15, 0.2) is 39.7 Å². The van der Waals surface area contributed by atoms with Crippen LogP contribution in [0.1, 0.15) is 23.0 Å². The Labute approximate surface area is 124 Å². The lowest BCUT2D eigenvalue weighted by atomic mass is 10.2. The summed E-state index contributed by atoms with van der Waals surface area (Å²) >= 11 is 3.42. The van der Waals surface area contributed by atoms with E-state index in [1.54, 1.807) is 6.20 Å². The van der Waals surface area contributed by atoms with Gasteiger partial charge in [0.25, 0.3) is 0 Å². The second-order valence-electron chi connectivity index (χ2n) is 4.07. The monoisotopic (exact) mass is 336 g/mol. The Hall–Kier alpha value is -1.95. The molecule has 104 valence electrons. The highest BCUT2D eigenvalue weighted by Crippen LogP contribution is 2.19. The third kappa shape index (κ3) is 2.65. The number of carbonyl (C=O) groups excluding carboxylic acids is 1. The van der Waals surface area contributed by atoms with Crippen LogP contribution in [-0.4, -0.2) is 22.9 Å². The summed E-state index contributed by atoms with van der Waals surface area (Å²) in [6.07, 6.45) is 2.14. The van der Waals surface area contributed by atoms with Gasteiger partial charge in [-0.3, -0.25) is 4.79 Å². The summed E-state index contributed by atoms with van der Waals surface area (Å²) in [4.78, 5) is 23.7. The predicted octanol–water partition coefficient (Wildman–Crippen LogP) is 2.34. The number of nitrogens with zero attached hydrogens (tertiary/aromatic N) is 2. The Morgan fingerprint density at radius 3 is 2.70 bits per heavy atom. The van der Waals surface area contributed by atoms with Crippen LogP contribution in [0, 0.1) is 0 Å². The molecule has 0 spiro atoms. The van der Waals surface area contributed by atoms with Crippen molar-refractivity contribution >= 4 is 21.9 Å². The van der Waals surface area contributed by atoms with E-state index in [1.165, 1.54) is 11.8 Å². The maximum absolute atomic E-state index is 12.1. The first-order valence-corrected chi connectivity index (χ1v) is 6.83. The Morgan fingerprint density at radius 1 is 1.40 bits per heavy atom. The minimum atomic E-state index is -0.730. The molecule has 1 aromatic carbocycles. The van der Waals surface area contributed by atoms with Crippen molar-refractivity contribution in [3.05, 3.63) is 56.4 Å². The SMILES string of the molecule is CCc1cn(-c2ccccc2Br)nc(C(=O)OC)c1=O. The lowest BCUT2D eigenvalue weighted by Gasteiger charge is -2.10. The fraction of sp³-hybridized carbons (Fsp3) is 0.214. The molecule has 0 aliphatic carbocycles. The molecule has 6 heteroatoms. The zero-order valence-electron chi connectivity index (χ0n) is 11.1. The number of hydrogen-bond donors (Lipinski definition) is 0. The molecule has 0 amide bonds. The molecule has 1 aromatic heterocycles. The number of rotatable bonds is 3. The smallest absolute Gasteiger partial charge is 0.362 e. The molecule has 0 N–H and O–H groups in total. The number of aryl methyl sites for hydroxylation is 1. The van der Waals surface area contributed by atoms with Crippen molar-refractivity contribution in [1.82, 2.24) is 9.78 Å². The average molecular weight is 337 g/mol. The largest absolute Gasteiger partial charge is 0.464 e. The lowest BCUT2D eigenvalue weighted by molar-refractivity contribution is 0.0590. The summed E-state index contributed by atoms with van der Waals surface area (Å²) in [7, 11) is 1.23. The first-order valence-electron chi connectivity index (χ1n) is 6.04. The van der Waals surface area contributed by atoms with Gasteiger partial charge in [-0.1, -0.05) is 19.1 Å². The predicted molar refractivity (Wildman–Crippen MR) is 78.3 cm³/mol. The van der Waals surface area contributed by atoms with Crippen LogP contribution in [0.2, 0.25) is 0 Å². The van der Waals surface area contributed by atoms with Crippen molar-refractivity contribution in [2.75, 3.05) is 7.11 Å². The van der Waals surface area contributed by atoms with E-state index in [2.05, 4.69) is 25.8 Å². The number of methoxy groups -OCH3 is 1. The topological polar surface area (TPSA) is 61.2 Å². The van der Waals surface area contributed by atoms with E-state index in [0.717, 1.165) is 10.2 Å². The molecule has 1 heterocycles. The molecule has 0 aliphatic heterocycles. The third-order valence-electron chi connectivity index (χ3n) is 2.85. The highest BCUT2D eigenvalue weighted by Gasteiger charge is 2.17. The zero-order chi connectivity index (χ0) is 14.7. The van der Waals surface area contributed by atoms with Crippen LogP contribution in [0.25, 0.3) is 5.69 Å². The van der Waals surface area contributed by atoms with Crippen molar-refractivity contribution in [3.8, 4) is 5.69 Å². The van der Waals surface area contributed by atoms with Gasteiger partial charge in [0.15, 0.2) is 0 Å². The minimum Gasteiger partial charge on any atom is -0.464 e. The molecule has 20 heavy (non-hydrogen) atoms. The van der Waals surface area contributed by atoms with Crippen molar-refractivity contribution in [2.45, 2.75) is 13.3 Å². The molecule has 0 atom stereocenters. The third-order valence-corrected chi connectivity index (χ3v) is 3.52. The van der Waals surface area contributed by atoms with Crippen molar-refractivity contribution in [3.63, 3.8) is 0 Å². The molecule has 0 radical (unpaired) electrons. The number of ether oxygens (including phenoxy) is 1. The fourth-order valence-corrected chi connectivity index (χ4v) is 2.25. The Kier molecular flexibility index (Phi) is 4.34. The molecule has 5 nitrogen and oxygen atoms in total. The van der Waals surface area contributed by atoms with Crippen LogP contribution in [0.4, 0.5) is 0 Å². The van der Waals surface area contributed by atoms with E-state index < -0.39 is 5.97 Å². The summed E-state index contributed by atoms with van der Waals surface area (Å²) in [6.45, 7) is 1.85. The van der Waals surface area contributed by atoms with Crippen molar-refractivity contribution in [1.29, 1.82) is 0 Å². The van der Waals surface area contributed by atoms with Crippen LogP contribution in [0.5, 0.6) is 0 Å². The zero-order valence-corrected chi connectivity index (χ0v) is 12.7. The minimum absolute atomic E-state index is 0.206. The molecular weight excluding hydrogens is 324 g/mol. The first kappa shape index (κ1) is 14.5. The van der Waals surface area contributed by atoms with Gasteiger partial charge in [0.05, 0.1) is 12.8 Å². The summed E-state index contributed by atoms with van der Waals surface area (Å²) in [5.74, 6) is -0.730. The maximum atomic E-state index is 12.1. The Bertz CT molecular complexity index is 710.